The first-order valence-corrected chi connectivity index (χ1v) is 7.04. The van der Waals surface area contributed by atoms with Gasteiger partial charge in [0.2, 0.25) is 0 Å². The fourth-order valence-corrected chi connectivity index (χ4v) is 2.32. The Hall–Kier alpha value is -1.87. The number of nitrogens with one attached hydrogen (secondary N) is 1. The van der Waals surface area contributed by atoms with Crippen LogP contribution in [-0.4, -0.2) is 12.1 Å². The molecular formula is C17H22N2O. The molecule has 2 aromatic rings. The molecule has 0 aliphatic carbocycles. The third-order valence-corrected chi connectivity index (χ3v) is 3.56. The topological polar surface area (TPSA) is 34.2 Å². The van der Waals surface area contributed by atoms with E-state index < -0.39 is 0 Å². The van der Waals surface area contributed by atoms with Crippen LogP contribution in [0.5, 0.6) is 5.75 Å². The first-order valence-electron chi connectivity index (χ1n) is 7.04. The molecule has 20 heavy (non-hydrogen) atoms. The number of nitrogens with zero attached hydrogens (tertiary/aromatic N) is 1. The van der Waals surface area contributed by atoms with Crippen molar-refractivity contribution < 1.29 is 4.74 Å². The van der Waals surface area contributed by atoms with Gasteiger partial charge in [0.15, 0.2) is 0 Å². The van der Waals surface area contributed by atoms with E-state index in [1.54, 1.807) is 13.3 Å². The second kappa shape index (κ2) is 7.06. The predicted molar refractivity (Wildman–Crippen MR) is 81.8 cm³/mol. The molecule has 1 aromatic heterocycles. The van der Waals surface area contributed by atoms with Gasteiger partial charge in [-0.15, -0.1) is 0 Å². The Balaban J connectivity index is 2.08. The van der Waals surface area contributed by atoms with Crippen LogP contribution in [-0.2, 0) is 0 Å². The van der Waals surface area contributed by atoms with Crippen molar-refractivity contribution in [3.63, 3.8) is 0 Å². The SMILES string of the molecule is CCC(N[C@@H](C)c1cccnc1)c1ccc(OC)cc1. The molecule has 3 nitrogen and oxygen atoms in total. The lowest BCUT2D eigenvalue weighted by Gasteiger charge is -2.23. The van der Waals surface area contributed by atoms with Gasteiger partial charge in [0, 0.05) is 24.5 Å². The van der Waals surface area contributed by atoms with Crippen LogP contribution < -0.4 is 10.1 Å². The molecule has 1 aromatic carbocycles. The Morgan fingerprint density at radius 3 is 2.45 bits per heavy atom. The van der Waals surface area contributed by atoms with Crippen molar-refractivity contribution >= 4 is 0 Å². The van der Waals surface area contributed by atoms with Crippen LogP contribution in [0.4, 0.5) is 0 Å². The predicted octanol–water partition coefficient (Wildman–Crippen LogP) is 3.89. The molecule has 0 bridgehead atoms. The Morgan fingerprint density at radius 2 is 1.90 bits per heavy atom. The summed E-state index contributed by atoms with van der Waals surface area (Å²) >= 11 is 0. The molecule has 0 aliphatic heterocycles. The van der Waals surface area contributed by atoms with E-state index in [0.29, 0.717) is 6.04 Å². The van der Waals surface area contributed by atoms with Crippen molar-refractivity contribution in [2.75, 3.05) is 7.11 Å². The summed E-state index contributed by atoms with van der Waals surface area (Å²) in [5.74, 6) is 0.893. The number of pyridine rings is 1. The largest absolute Gasteiger partial charge is 0.497 e. The van der Waals surface area contributed by atoms with Crippen LogP contribution in [0.1, 0.15) is 43.5 Å². The lowest BCUT2D eigenvalue weighted by Crippen LogP contribution is -2.24. The van der Waals surface area contributed by atoms with Gasteiger partial charge in [-0.2, -0.15) is 0 Å². The van der Waals surface area contributed by atoms with E-state index in [1.807, 2.05) is 24.4 Å². The van der Waals surface area contributed by atoms with Crippen LogP contribution in [0.3, 0.4) is 0 Å². The first-order chi connectivity index (χ1) is 9.74. The molecule has 106 valence electrons. The lowest BCUT2D eigenvalue weighted by molar-refractivity contribution is 0.413. The average molecular weight is 270 g/mol. The van der Waals surface area contributed by atoms with Crippen LogP contribution in [0.25, 0.3) is 0 Å². The third kappa shape index (κ3) is 3.58. The van der Waals surface area contributed by atoms with Gasteiger partial charge in [-0.05, 0) is 42.7 Å². The fraction of sp³-hybridized carbons (Fsp3) is 0.353. The highest BCUT2D eigenvalue weighted by Crippen LogP contribution is 2.23. The van der Waals surface area contributed by atoms with Crippen LogP contribution in [0, 0.1) is 0 Å². The number of aromatic nitrogens is 1. The van der Waals surface area contributed by atoms with Crippen molar-refractivity contribution in [3.05, 3.63) is 59.9 Å². The van der Waals surface area contributed by atoms with Gasteiger partial charge >= 0.3 is 0 Å². The van der Waals surface area contributed by atoms with Gasteiger partial charge in [-0.1, -0.05) is 25.1 Å². The molecule has 0 saturated heterocycles. The van der Waals surface area contributed by atoms with Gasteiger partial charge in [-0.25, -0.2) is 0 Å². The molecule has 0 saturated carbocycles. The van der Waals surface area contributed by atoms with Gasteiger partial charge < -0.3 is 10.1 Å². The number of methoxy groups -OCH3 is 1. The normalized spacial score (nSPS) is 13.8. The van der Waals surface area contributed by atoms with E-state index in [-0.39, 0.29) is 6.04 Å². The third-order valence-electron chi connectivity index (χ3n) is 3.56. The Labute approximate surface area is 121 Å². The van der Waals surface area contributed by atoms with Crippen LogP contribution in [0.15, 0.2) is 48.8 Å². The molecule has 0 aliphatic rings. The molecule has 0 spiro atoms. The monoisotopic (exact) mass is 270 g/mol. The second-order valence-electron chi connectivity index (χ2n) is 4.91. The van der Waals surface area contributed by atoms with Gasteiger partial charge in [0.1, 0.15) is 5.75 Å². The number of benzene rings is 1. The fourth-order valence-electron chi connectivity index (χ4n) is 2.32. The Morgan fingerprint density at radius 1 is 1.15 bits per heavy atom. The molecule has 3 heteroatoms. The summed E-state index contributed by atoms with van der Waals surface area (Å²) in [5, 5.41) is 3.66. The second-order valence-corrected chi connectivity index (χ2v) is 4.91. The maximum Gasteiger partial charge on any atom is 0.118 e. The van der Waals surface area contributed by atoms with Gasteiger partial charge in [-0.3, -0.25) is 4.98 Å². The van der Waals surface area contributed by atoms with Crippen molar-refractivity contribution in [2.24, 2.45) is 0 Å². The summed E-state index contributed by atoms with van der Waals surface area (Å²) in [7, 11) is 1.69. The zero-order valence-corrected chi connectivity index (χ0v) is 12.3. The summed E-state index contributed by atoms with van der Waals surface area (Å²) in [5.41, 5.74) is 2.49. The number of rotatable bonds is 6. The molecule has 0 radical (unpaired) electrons. The Kier molecular flexibility index (Phi) is 5.13. The molecule has 1 N–H and O–H groups in total. The van der Waals surface area contributed by atoms with E-state index in [0.717, 1.165) is 12.2 Å². The van der Waals surface area contributed by atoms with Crippen molar-refractivity contribution in [1.82, 2.24) is 10.3 Å². The number of hydrogen-bond acceptors (Lipinski definition) is 3. The molecule has 0 fully saturated rings. The maximum atomic E-state index is 5.20. The zero-order chi connectivity index (χ0) is 14.4. The Bertz CT molecular complexity index is 510. The summed E-state index contributed by atoms with van der Waals surface area (Å²) < 4.78 is 5.20. The van der Waals surface area contributed by atoms with E-state index in [2.05, 4.69) is 42.3 Å². The molecule has 2 atom stereocenters. The summed E-state index contributed by atoms with van der Waals surface area (Å²) in [4.78, 5) is 4.18. The van der Waals surface area contributed by atoms with Crippen molar-refractivity contribution in [2.45, 2.75) is 32.4 Å². The molecular weight excluding hydrogens is 248 g/mol. The molecule has 2 rings (SSSR count). The highest BCUT2D eigenvalue weighted by molar-refractivity contribution is 5.29. The number of hydrogen-bond donors (Lipinski definition) is 1. The standard InChI is InChI=1S/C17H22N2O/c1-4-17(14-7-9-16(20-3)10-8-14)19-13(2)15-6-5-11-18-12-15/h5-13,17,19H,4H2,1-3H3/t13-,17?/m0/s1. The highest BCUT2D eigenvalue weighted by Gasteiger charge is 2.13. The van der Waals surface area contributed by atoms with E-state index in [9.17, 15) is 0 Å². The lowest BCUT2D eigenvalue weighted by atomic mass is 10.0. The van der Waals surface area contributed by atoms with Gasteiger partial charge in [0.25, 0.3) is 0 Å². The zero-order valence-electron chi connectivity index (χ0n) is 12.3. The first kappa shape index (κ1) is 14.5. The number of ether oxygens (including phenoxy) is 1. The average Bonchev–Trinajstić information content (AvgIpc) is 2.53. The molecule has 0 amide bonds. The summed E-state index contributed by atoms with van der Waals surface area (Å²) in [6, 6.07) is 12.9. The van der Waals surface area contributed by atoms with Crippen molar-refractivity contribution in [3.8, 4) is 5.75 Å². The minimum atomic E-state index is 0.274. The van der Waals surface area contributed by atoms with E-state index >= 15 is 0 Å². The van der Waals surface area contributed by atoms with E-state index in [1.165, 1.54) is 11.1 Å². The van der Waals surface area contributed by atoms with Crippen LogP contribution in [0.2, 0.25) is 0 Å². The van der Waals surface area contributed by atoms with Crippen LogP contribution >= 0.6 is 0 Å². The highest BCUT2D eigenvalue weighted by atomic mass is 16.5. The summed E-state index contributed by atoms with van der Waals surface area (Å²) in [6.45, 7) is 4.36. The van der Waals surface area contributed by atoms with E-state index in [4.69, 9.17) is 4.74 Å². The summed E-state index contributed by atoms with van der Waals surface area (Å²) in [6.07, 6.45) is 4.76. The van der Waals surface area contributed by atoms with Gasteiger partial charge in [0.05, 0.1) is 7.11 Å². The molecule has 1 unspecified atom stereocenters. The maximum absolute atomic E-state index is 5.20. The van der Waals surface area contributed by atoms with Crippen molar-refractivity contribution in [1.29, 1.82) is 0 Å². The minimum Gasteiger partial charge on any atom is -0.497 e. The molecule has 1 heterocycles. The smallest absolute Gasteiger partial charge is 0.118 e. The minimum absolute atomic E-state index is 0.274. The quantitative estimate of drug-likeness (QED) is 0.864.